The molecule has 0 aliphatic heterocycles. The Morgan fingerprint density at radius 1 is 1.38 bits per heavy atom. The number of sulfonamides is 1. The first-order chi connectivity index (χ1) is 7.41. The Balaban J connectivity index is 4.87. The molecule has 0 rings (SSSR count). The maximum atomic E-state index is 12.2. The number of hydrogen-bond donors (Lipinski definition) is 1. The fraction of sp³-hybridized carbons (Fsp3) is 1.00. The van der Waals surface area contributed by atoms with E-state index >= 15 is 0 Å². The van der Waals surface area contributed by atoms with Crippen LogP contribution in [0.5, 0.6) is 0 Å². The molecule has 6 heteroatoms. The van der Waals surface area contributed by atoms with Crippen molar-refractivity contribution in [3.63, 3.8) is 0 Å². The molecule has 2 N–H and O–H groups in total. The van der Waals surface area contributed by atoms with Crippen LogP contribution >= 0.6 is 0 Å². The lowest BCUT2D eigenvalue weighted by Crippen LogP contribution is -2.46. The van der Waals surface area contributed by atoms with Crippen LogP contribution in [0.2, 0.25) is 0 Å². The first-order valence-corrected chi connectivity index (χ1v) is 7.11. The molecule has 2 unspecified atom stereocenters. The van der Waals surface area contributed by atoms with Crippen LogP contribution in [0, 0.1) is 0 Å². The van der Waals surface area contributed by atoms with Crippen LogP contribution in [0.15, 0.2) is 0 Å². The fourth-order valence-electron chi connectivity index (χ4n) is 1.34. The Morgan fingerprint density at radius 3 is 2.31 bits per heavy atom. The summed E-state index contributed by atoms with van der Waals surface area (Å²) in [7, 11) is -1.74. The number of ether oxygens (including phenoxy) is 1. The molecule has 0 amide bonds. The molecule has 0 saturated carbocycles. The van der Waals surface area contributed by atoms with E-state index in [2.05, 4.69) is 0 Å². The average molecular weight is 252 g/mol. The van der Waals surface area contributed by atoms with Gasteiger partial charge in [0.1, 0.15) is 0 Å². The van der Waals surface area contributed by atoms with E-state index in [9.17, 15) is 8.42 Å². The van der Waals surface area contributed by atoms with Crippen LogP contribution in [0.4, 0.5) is 0 Å². The zero-order valence-electron chi connectivity index (χ0n) is 10.6. The van der Waals surface area contributed by atoms with E-state index in [1.54, 1.807) is 14.0 Å². The van der Waals surface area contributed by atoms with Crippen molar-refractivity contribution in [3.8, 4) is 0 Å². The second-order valence-corrected chi connectivity index (χ2v) is 6.26. The summed E-state index contributed by atoms with van der Waals surface area (Å²) >= 11 is 0. The summed E-state index contributed by atoms with van der Waals surface area (Å²) in [5.74, 6) is 0. The largest absolute Gasteiger partial charge is 0.383 e. The van der Waals surface area contributed by atoms with Crippen LogP contribution in [-0.4, -0.2) is 50.8 Å². The van der Waals surface area contributed by atoms with Crippen molar-refractivity contribution in [2.75, 3.05) is 26.8 Å². The second-order valence-electron chi connectivity index (χ2n) is 3.95. The average Bonchev–Trinajstić information content (AvgIpc) is 2.27. The lowest BCUT2D eigenvalue weighted by Gasteiger charge is -2.29. The van der Waals surface area contributed by atoms with E-state index in [0.717, 1.165) is 6.42 Å². The Morgan fingerprint density at radius 2 is 1.94 bits per heavy atom. The van der Waals surface area contributed by atoms with Crippen molar-refractivity contribution in [1.29, 1.82) is 0 Å². The van der Waals surface area contributed by atoms with Gasteiger partial charge in [0.15, 0.2) is 0 Å². The summed E-state index contributed by atoms with van der Waals surface area (Å²) in [6, 6.07) is -0.0193. The van der Waals surface area contributed by atoms with Gasteiger partial charge in [0.05, 0.1) is 11.9 Å². The minimum absolute atomic E-state index is 0.0193. The van der Waals surface area contributed by atoms with E-state index in [1.807, 2.05) is 13.8 Å². The molecule has 0 aromatic carbocycles. The lowest BCUT2D eigenvalue weighted by molar-refractivity contribution is 0.167. The third kappa shape index (κ3) is 4.01. The molecule has 2 atom stereocenters. The summed E-state index contributed by atoms with van der Waals surface area (Å²) in [6.07, 6.45) is 0.778. The zero-order valence-corrected chi connectivity index (χ0v) is 11.5. The maximum absolute atomic E-state index is 12.2. The maximum Gasteiger partial charge on any atom is 0.218 e. The summed E-state index contributed by atoms with van der Waals surface area (Å²) in [6.45, 7) is 6.43. The van der Waals surface area contributed by atoms with Crippen LogP contribution in [0.3, 0.4) is 0 Å². The molecule has 0 heterocycles. The number of nitrogens with two attached hydrogens (primary N) is 1. The van der Waals surface area contributed by atoms with Gasteiger partial charge < -0.3 is 10.5 Å². The van der Waals surface area contributed by atoms with Gasteiger partial charge in [0.2, 0.25) is 10.0 Å². The summed E-state index contributed by atoms with van der Waals surface area (Å²) in [5, 5.41) is -0.543. The normalized spacial score (nSPS) is 16.4. The highest BCUT2D eigenvalue weighted by atomic mass is 32.2. The summed E-state index contributed by atoms with van der Waals surface area (Å²) in [5.41, 5.74) is 5.43. The molecular weight excluding hydrogens is 228 g/mol. The highest BCUT2D eigenvalue weighted by Gasteiger charge is 2.30. The SMILES string of the molecule is CCC(C)N(CCOC)S(=O)(=O)C(C)CN. The third-order valence-electron chi connectivity index (χ3n) is 2.77. The van der Waals surface area contributed by atoms with Crippen LogP contribution in [0.1, 0.15) is 27.2 Å². The van der Waals surface area contributed by atoms with Crippen LogP contribution in [-0.2, 0) is 14.8 Å². The predicted octanol–water partition coefficient (Wildman–Crippen LogP) is 0.410. The van der Waals surface area contributed by atoms with E-state index < -0.39 is 15.3 Å². The molecule has 5 nitrogen and oxygen atoms in total. The van der Waals surface area contributed by atoms with Gasteiger partial charge in [0.25, 0.3) is 0 Å². The topological polar surface area (TPSA) is 72.6 Å². The van der Waals surface area contributed by atoms with Gasteiger partial charge in [-0.25, -0.2) is 8.42 Å². The standard InChI is InChI=1S/C10H24N2O3S/c1-5-9(2)12(6-7-15-4)16(13,14)10(3)8-11/h9-10H,5-8,11H2,1-4H3. The van der Waals surface area contributed by atoms with E-state index in [4.69, 9.17) is 10.5 Å². The van der Waals surface area contributed by atoms with Crippen molar-refractivity contribution in [1.82, 2.24) is 4.31 Å². The lowest BCUT2D eigenvalue weighted by atomic mass is 10.3. The Kier molecular flexibility index (Phi) is 7.14. The number of hydrogen-bond acceptors (Lipinski definition) is 4. The van der Waals surface area contributed by atoms with Crippen LogP contribution < -0.4 is 5.73 Å². The van der Waals surface area contributed by atoms with Crippen molar-refractivity contribution < 1.29 is 13.2 Å². The molecule has 98 valence electrons. The van der Waals surface area contributed by atoms with Gasteiger partial charge >= 0.3 is 0 Å². The van der Waals surface area contributed by atoms with Gasteiger partial charge in [-0.15, -0.1) is 0 Å². The van der Waals surface area contributed by atoms with Gasteiger partial charge in [-0.3, -0.25) is 0 Å². The van der Waals surface area contributed by atoms with Gasteiger partial charge in [-0.1, -0.05) is 6.92 Å². The molecule has 0 bridgehead atoms. The molecule has 0 aromatic rings. The fourth-order valence-corrected chi connectivity index (χ4v) is 3.02. The molecule has 0 spiro atoms. The van der Waals surface area contributed by atoms with Gasteiger partial charge in [-0.05, 0) is 20.3 Å². The second kappa shape index (κ2) is 7.21. The molecular formula is C10H24N2O3S. The molecule has 0 fully saturated rings. The van der Waals surface area contributed by atoms with E-state index in [1.165, 1.54) is 4.31 Å². The molecule has 0 aliphatic carbocycles. The van der Waals surface area contributed by atoms with Crippen LogP contribution in [0.25, 0.3) is 0 Å². The number of methoxy groups -OCH3 is 1. The molecule has 0 saturated heterocycles. The first-order valence-electron chi connectivity index (χ1n) is 5.61. The van der Waals surface area contributed by atoms with Gasteiger partial charge in [-0.2, -0.15) is 4.31 Å². The molecule has 0 radical (unpaired) electrons. The summed E-state index contributed by atoms with van der Waals surface area (Å²) < 4.78 is 30.7. The molecule has 0 aromatic heterocycles. The minimum atomic E-state index is -3.31. The zero-order chi connectivity index (χ0) is 12.8. The number of rotatable bonds is 8. The monoisotopic (exact) mass is 252 g/mol. The minimum Gasteiger partial charge on any atom is -0.383 e. The summed E-state index contributed by atoms with van der Waals surface area (Å²) in [4.78, 5) is 0. The van der Waals surface area contributed by atoms with Crippen molar-refractivity contribution in [2.45, 2.75) is 38.5 Å². The van der Waals surface area contributed by atoms with Crippen molar-refractivity contribution in [3.05, 3.63) is 0 Å². The predicted molar refractivity (Wildman–Crippen MR) is 65.8 cm³/mol. The molecule has 16 heavy (non-hydrogen) atoms. The molecule has 0 aliphatic rings. The highest BCUT2D eigenvalue weighted by molar-refractivity contribution is 7.89. The number of nitrogens with zero attached hydrogens (tertiary/aromatic N) is 1. The van der Waals surface area contributed by atoms with E-state index in [-0.39, 0.29) is 12.6 Å². The van der Waals surface area contributed by atoms with Gasteiger partial charge in [0, 0.05) is 26.2 Å². The first kappa shape index (κ1) is 15.8. The Hall–Kier alpha value is -0.170. The van der Waals surface area contributed by atoms with Crippen molar-refractivity contribution >= 4 is 10.0 Å². The smallest absolute Gasteiger partial charge is 0.218 e. The Labute approximate surface area is 99.0 Å². The Bertz CT molecular complexity index is 280. The van der Waals surface area contributed by atoms with Crippen molar-refractivity contribution in [2.24, 2.45) is 5.73 Å². The van der Waals surface area contributed by atoms with E-state index in [0.29, 0.717) is 13.2 Å². The highest BCUT2D eigenvalue weighted by Crippen LogP contribution is 2.14. The quantitative estimate of drug-likeness (QED) is 0.679. The third-order valence-corrected chi connectivity index (χ3v) is 5.17.